The monoisotopic (exact) mass is 315 g/mol. The maximum Gasteiger partial charge on any atom is 0.0233 e. The Labute approximate surface area is 145 Å². The fourth-order valence-electron chi connectivity index (χ4n) is 3.96. The Morgan fingerprint density at radius 3 is 2.50 bits per heavy atom. The van der Waals surface area contributed by atoms with Gasteiger partial charge in [-0.05, 0) is 60.2 Å². The van der Waals surface area contributed by atoms with E-state index in [1.54, 1.807) is 0 Å². The second-order valence-corrected chi connectivity index (χ2v) is 7.09. The number of nitrogens with zero attached hydrogens (tertiary/aromatic N) is 1. The molecule has 122 valence electrons. The number of likely N-dealkylation sites (tertiary alicyclic amines) is 1. The summed E-state index contributed by atoms with van der Waals surface area (Å²) in [5.74, 6) is 0. The molecule has 0 amide bonds. The quantitative estimate of drug-likeness (QED) is 0.751. The molecule has 1 aliphatic heterocycles. The van der Waals surface area contributed by atoms with Crippen LogP contribution in [-0.2, 0) is 13.0 Å². The molecule has 1 heterocycles. The molecule has 1 aliphatic carbocycles. The molecule has 0 saturated carbocycles. The van der Waals surface area contributed by atoms with Crippen molar-refractivity contribution in [2.75, 3.05) is 13.1 Å². The number of hydrogen-bond donors (Lipinski definition) is 0. The van der Waals surface area contributed by atoms with Crippen LogP contribution < -0.4 is 0 Å². The van der Waals surface area contributed by atoms with Crippen LogP contribution in [0.3, 0.4) is 0 Å². The normalized spacial score (nSPS) is 18.2. The average Bonchev–Trinajstić information content (AvgIpc) is 2.62. The van der Waals surface area contributed by atoms with E-state index >= 15 is 0 Å². The molecular formula is C23H25N. The van der Waals surface area contributed by atoms with Crippen molar-refractivity contribution in [3.05, 3.63) is 89.0 Å². The molecule has 0 N–H and O–H groups in total. The zero-order valence-corrected chi connectivity index (χ0v) is 14.3. The number of hydrogen-bond acceptors (Lipinski definition) is 1. The largest absolute Gasteiger partial charge is 0.299 e. The van der Waals surface area contributed by atoms with Crippen molar-refractivity contribution in [3.8, 4) is 0 Å². The van der Waals surface area contributed by atoms with E-state index in [0.717, 1.165) is 13.0 Å². The van der Waals surface area contributed by atoms with Crippen molar-refractivity contribution in [1.29, 1.82) is 0 Å². The van der Waals surface area contributed by atoms with Gasteiger partial charge in [0, 0.05) is 6.54 Å². The van der Waals surface area contributed by atoms with Gasteiger partial charge in [-0.3, -0.25) is 4.90 Å². The number of fused-ring (bicyclic) bond motifs is 1. The van der Waals surface area contributed by atoms with Gasteiger partial charge in [0.15, 0.2) is 0 Å². The molecule has 24 heavy (non-hydrogen) atoms. The number of allylic oxidation sites excluding steroid dienone is 2. The molecule has 0 atom stereocenters. The predicted octanol–water partition coefficient (Wildman–Crippen LogP) is 5.22. The van der Waals surface area contributed by atoms with E-state index in [1.165, 1.54) is 65.8 Å². The van der Waals surface area contributed by atoms with E-state index in [2.05, 4.69) is 66.1 Å². The highest BCUT2D eigenvalue weighted by molar-refractivity contribution is 5.85. The first-order valence-electron chi connectivity index (χ1n) is 9.09. The van der Waals surface area contributed by atoms with Crippen molar-refractivity contribution in [1.82, 2.24) is 4.90 Å². The molecule has 1 heteroatoms. The molecule has 2 aromatic rings. The Bertz CT molecular complexity index is 764. The van der Waals surface area contributed by atoms with E-state index in [-0.39, 0.29) is 0 Å². The molecule has 1 saturated heterocycles. The Hall–Kier alpha value is -2.12. The molecular weight excluding hydrogens is 290 g/mol. The lowest BCUT2D eigenvalue weighted by atomic mass is 9.84. The van der Waals surface area contributed by atoms with Gasteiger partial charge in [-0.15, -0.1) is 0 Å². The third-order valence-electron chi connectivity index (χ3n) is 5.17. The first-order chi connectivity index (χ1) is 11.8. The average molecular weight is 315 g/mol. The zero-order chi connectivity index (χ0) is 16.4. The standard InChI is InChI=1S/C23H25N/c1-18-14-21-16-19(17-24-12-6-3-7-13-24)10-11-22(21)23(15-18)20-8-4-2-5-9-20/h2,4-5,8-11,15-16H,1,3,6-7,12-14,17H2. The van der Waals surface area contributed by atoms with E-state index in [0.29, 0.717) is 0 Å². The third-order valence-corrected chi connectivity index (χ3v) is 5.17. The number of benzene rings is 2. The molecule has 2 aliphatic rings. The molecule has 0 radical (unpaired) electrons. The summed E-state index contributed by atoms with van der Waals surface area (Å²) in [5.41, 5.74) is 8.04. The van der Waals surface area contributed by atoms with Crippen LogP contribution >= 0.6 is 0 Å². The molecule has 4 rings (SSSR count). The van der Waals surface area contributed by atoms with Gasteiger partial charge >= 0.3 is 0 Å². The highest BCUT2D eigenvalue weighted by Crippen LogP contribution is 2.34. The topological polar surface area (TPSA) is 3.24 Å². The van der Waals surface area contributed by atoms with Gasteiger partial charge in [-0.25, -0.2) is 0 Å². The van der Waals surface area contributed by atoms with Gasteiger partial charge in [0.05, 0.1) is 0 Å². The lowest BCUT2D eigenvalue weighted by Crippen LogP contribution is -2.29. The summed E-state index contributed by atoms with van der Waals surface area (Å²) >= 11 is 0. The molecule has 1 fully saturated rings. The fraction of sp³-hybridized carbons (Fsp3) is 0.304. The first-order valence-corrected chi connectivity index (χ1v) is 9.09. The Balaban J connectivity index is 1.63. The van der Waals surface area contributed by atoms with Crippen molar-refractivity contribution < 1.29 is 0 Å². The van der Waals surface area contributed by atoms with Crippen LogP contribution in [0.5, 0.6) is 0 Å². The van der Waals surface area contributed by atoms with Crippen molar-refractivity contribution in [3.63, 3.8) is 0 Å². The molecule has 0 spiro atoms. The Morgan fingerprint density at radius 1 is 0.917 bits per heavy atom. The van der Waals surface area contributed by atoms with Crippen molar-refractivity contribution >= 4 is 5.57 Å². The van der Waals surface area contributed by atoms with Crippen LogP contribution in [-0.4, -0.2) is 18.0 Å². The first kappa shape index (κ1) is 15.4. The highest BCUT2D eigenvalue weighted by atomic mass is 15.1. The summed E-state index contributed by atoms with van der Waals surface area (Å²) < 4.78 is 0. The SMILES string of the molecule is C=C1C=C(c2ccccc2)c2ccc(CN3CCCCC3)cc2C1. The van der Waals surface area contributed by atoms with Gasteiger partial charge < -0.3 is 0 Å². The maximum absolute atomic E-state index is 4.25. The van der Waals surface area contributed by atoms with E-state index in [9.17, 15) is 0 Å². The van der Waals surface area contributed by atoms with Crippen molar-refractivity contribution in [2.45, 2.75) is 32.2 Å². The molecule has 2 aromatic carbocycles. The fourth-order valence-corrected chi connectivity index (χ4v) is 3.96. The lowest BCUT2D eigenvalue weighted by molar-refractivity contribution is 0.221. The summed E-state index contributed by atoms with van der Waals surface area (Å²) in [6.45, 7) is 7.83. The minimum atomic E-state index is 0.972. The minimum Gasteiger partial charge on any atom is -0.299 e. The minimum absolute atomic E-state index is 0.972. The van der Waals surface area contributed by atoms with Gasteiger partial charge in [0.2, 0.25) is 0 Å². The second kappa shape index (κ2) is 6.78. The van der Waals surface area contributed by atoms with E-state index in [1.807, 2.05) is 0 Å². The third kappa shape index (κ3) is 3.22. The number of piperidine rings is 1. The second-order valence-electron chi connectivity index (χ2n) is 7.09. The molecule has 1 nitrogen and oxygen atoms in total. The highest BCUT2D eigenvalue weighted by Gasteiger charge is 2.17. The number of rotatable bonds is 3. The summed E-state index contributed by atoms with van der Waals surface area (Å²) in [6, 6.07) is 17.7. The predicted molar refractivity (Wildman–Crippen MR) is 102 cm³/mol. The molecule has 0 bridgehead atoms. The van der Waals surface area contributed by atoms with Crippen LogP contribution in [0, 0.1) is 0 Å². The molecule has 0 aromatic heterocycles. The van der Waals surface area contributed by atoms with Crippen LogP contribution in [0.15, 0.2) is 66.8 Å². The van der Waals surface area contributed by atoms with Gasteiger partial charge in [0.25, 0.3) is 0 Å². The van der Waals surface area contributed by atoms with Crippen molar-refractivity contribution in [2.24, 2.45) is 0 Å². The van der Waals surface area contributed by atoms with Crippen LogP contribution in [0.1, 0.15) is 41.5 Å². The summed E-state index contributed by atoms with van der Waals surface area (Å²) in [7, 11) is 0. The van der Waals surface area contributed by atoms with Gasteiger partial charge in [0.1, 0.15) is 0 Å². The van der Waals surface area contributed by atoms with E-state index in [4.69, 9.17) is 0 Å². The molecule has 0 unspecified atom stereocenters. The summed E-state index contributed by atoms with van der Waals surface area (Å²) in [4.78, 5) is 2.59. The van der Waals surface area contributed by atoms with Crippen LogP contribution in [0.25, 0.3) is 5.57 Å². The maximum atomic E-state index is 4.25. The van der Waals surface area contributed by atoms with Crippen LogP contribution in [0.2, 0.25) is 0 Å². The summed E-state index contributed by atoms with van der Waals surface area (Å²) in [5, 5.41) is 0. The van der Waals surface area contributed by atoms with Gasteiger partial charge in [-0.1, -0.05) is 73.2 Å². The zero-order valence-electron chi connectivity index (χ0n) is 14.3. The van der Waals surface area contributed by atoms with E-state index < -0.39 is 0 Å². The Kier molecular flexibility index (Phi) is 4.36. The van der Waals surface area contributed by atoms with Crippen LogP contribution in [0.4, 0.5) is 0 Å². The smallest absolute Gasteiger partial charge is 0.0233 e. The van der Waals surface area contributed by atoms with Gasteiger partial charge in [-0.2, -0.15) is 0 Å². The lowest BCUT2D eigenvalue weighted by Gasteiger charge is -2.27. The Morgan fingerprint density at radius 2 is 1.71 bits per heavy atom. The summed E-state index contributed by atoms with van der Waals surface area (Å²) in [6.07, 6.45) is 7.32.